The van der Waals surface area contributed by atoms with Crippen molar-refractivity contribution in [2.45, 2.75) is 49.6 Å². The number of benzene rings is 2. The van der Waals surface area contributed by atoms with Gasteiger partial charge >= 0.3 is 0 Å². The second-order valence-corrected chi connectivity index (χ2v) is 8.55. The molecule has 2 aromatic carbocycles. The summed E-state index contributed by atoms with van der Waals surface area (Å²) in [5.41, 5.74) is 1.70. The topological polar surface area (TPSA) is 39.1 Å². The molecule has 2 aromatic rings. The van der Waals surface area contributed by atoms with Gasteiger partial charge in [0.2, 0.25) is 0 Å². The lowest BCUT2D eigenvalue weighted by Crippen LogP contribution is -2.41. The van der Waals surface area contributed by atoms with Gasteiger partial charge in [0, 0.05) is 18.6 Å². The minimum atomic E-state index is -0.566. The third kappa shape index (κ3) is 3.60. The summed E-state index contributed by atoms with van der Waals surface area (Å²) >= 11 is 0. The fourth-order valence-electron chi connectivity index (χ4n) is 5.42. The predicted octanol–water partition coefficient (Wildman–Crippen LogP) is 4.35. The van der Waals surface area contributed by atoms with E-state index in [1.165, 1.54) is 19.3 Å². The minimum Gasteiger partial charge on any atom is -0.313 e. The van der Waals surface area contributed by atoms with Crippen LogP contribution in [0.15, 0.2) is 60.7 Å². The largest absolute Gasteiger partial charge is 0.313 e. The van der Waals surface area contributed by atoms with E-state index in [-0.39, 0.29) is 0 Å². The van der Waals surface area contributed by atoms with E-state index in [4.69, 9.17) is 0 Å². The zero-order valence-corrected chi connectivity index (χ0v) is 16.8. The van der Waals surface area contributed by atoms with Gasteiger partial charge in [-0.3, -0.25) is 0 Å². The van der Waals surface area contributed by atoms with E-state index in [9.17, 15) is 5.26 Å². The fourth-order valence-corrected chi connectivity index (χ4v) is 5.42. The van der Waals surface area contributed by atoms with Crippen LogP contribution in [0, 0.1) is 17.2 Å². The van der Waals surface area contributed by atoms with Crippen LogP contribution in [0.3, 0.4) is 0 Å². The van der Waals surface area contributed by atoms with Gasteiger partial charge in [-0.15, -0.1) is 0 Å². The van der Waals surface area contributed by atoms with E-state index in [0.29, 0.717) is 18.0 Å². The fraction of sp³-hybridized carbons (Fsp3) is 0.480. The first-order chi connectivity index (χ1) is 13.7. The van der Waals surface area contributed by atoms with E-state index in [2.05, 4.69) is 71.9 Å². The predicted molar refractivity (Wildman–Crippen MR) is 114 cm³/mol. The molecule has 0 radical (unpaired) electrons. The maximum atomic E-state index is 10.5. The van der Waals surface area contributed by atoms with E-state index in [0.717, 1.165) is 37.1 Å². The van der Waals surface area contributed by atoms with Gasteiger partial charge in [-0.05, 0) is 62.7 Å². The van der Waals surface area contributed by atoms with E-state index in [1.807, 2.05) is 12.1 Å². The van der Waals surface area contributed by atoms with Gasteiger partial charge in [0.05, 0.1) is 6.07 Å². The number of nitrogens with zero attached hydrogens (tertiary/aromatic N) is 2. The molecular weight excluding hydrogens is 342 g/mol. The van der Waals surface area contributed by atoms with Crippen molar-refractivity contribution in [1.82, 2.24) is 10.2 Å². The Labute approximate surface area is 169 Å². The molecule has 3 heteroatoms. The van der Waals surface area contributed by atoms with Gasteiger partial charge < -0.3 is 10.2 Å². The maximum Gasteiger partial charge on any atom is 0.110 e. The molecule has 1 heterocycles. The molecule has 0 spiro atoms. The van der Waals surface area contributed by atoms with E-state index in [1.54, 1.807) is 0 Å². The number of hydrogen-bond donors (Lipinski definition) is 1. The molecule has 1 aliphatic carbocycles. The Bertz CT molecular complexity index is 750. The van der Waals surface area contributed by atoms with Crippen LogP contribution in [0.4, 0.5) is 0 Å². The second kappa shape index (κ2) is 8.47. The monoisotopic (exact) mass is 373 g/mol. The van der Waals surface area contributed by atoms with Crippen molar-refractivity contribution in [2.75, 3.05) is 20.1 Å². The molecule has 1 saturated carbocycles. The Morgan fingerprint density at radius 3 is 2.18 bits per heavy atom. The summed E-state index contributed by atoms with van der Waals surface area (Å²) < 4.78 is 0. The Kier molecular flexibility index (Phi) is 5.80. The van der Waals surface area contributed by atoms with Crippen LogP contribution in [0.2, 0.25) is 0 Å². The summed E-state index contributed by atoms with van der Waals surface area (Å²) in [5, 5.41) is 14.1. The van der Waals surface area contributed by atoms with Gasteiger partial charge in [0.15, 0.2) is 0 Å². The lowest BCUT2D eigenvalue weighted by Gasteiger charge is -2.35. The molecule has 0 aromatic heterocycles. The highest BCUT2D eigenvalue weighted by Gasteiger charge is 2.46. The highest BCUT2D eigenvalue weighted by molar-refractivity contribution is 5.47. The quantitative estimate of drug-likeness (QED) is 0.818. The minimum absolute atomic E-state index is 0.339. The maximum absolute atomic E-state index is 10.5. The summed E-state index contributed by atoms with van der Waals surface area (Å²) in [7, 11) is 2.27. The molecule has 0 bridgehead atoms. The molecule has 28 heavy (non-hydrogen) atoms. The average molecular weight is 374 g/mol. The Morgan fingerprint density at radius 2 is 1.64 bits per heavy atom. The second-order valence-electron chi connectivity index (χ2n) is 8.55. The average Bonchev–Trinajstić information content (AvgIpc) is 3.43. The third-order valence-corrected chi connectivity index (χ3v) is 6.95. The van der Waals surface area contributed by atoms with Crippen molar-refractivity contribution in [3.8, 4) is 6.07 Å². The van der Waals surface area contributed by atoms with Gasteiger partial charge in [-0.1, -0.05) is 60.7 Å². The number of nitriles is 1. The normalized spacial score (nSPS) is 25.1. The van der Waals surface area contributed by atoms with Crippen LogP contribution in [0.1, 0.15) is 43.2 Å². The summed E-state index contributed by atoms with van der Waals surface area (Å²) in [6.07, 6.45) is 5.95. The SMILES string of the molecule is CN(C[C@H]1CCCN1)C1CCC(C(C#N)(c2ccccc2)c2ccccc2)C1. The lowest BCUT2D eigenvalue weighted by atomic mass is 9.66. The molecule has 1 N–H and O–H groups in total. The van der Waals surface area contributed by atoms with Crippen molar-refractivity contribution in [2.24, 2.45) is 5.92 Å². The van der Waals surface area contributed by atoms with Crippen LogP contribution in [-0.4, -0.2) is 37.1 Å². The molecular formula is C25H31N3. The van der Waals surface area contributed by atoms with Crippen LogP contribution in [-0.2, 0) is 5.41 Å². The van der Waals surface area contributed by atoms with Gasteiger partial charge in [-0.25, -0.2) is 0 Å². The van der Waals surface area contributed by atoms with E-state index >= 15 is 0 Å². The molecule has 3 nitrogen and oxygen atoms in total. The van der Waals surface area contributed by atoms with Crippen molar-refractivity contribution in [1.29, 1.82) is 5.26 Å². The smallest absolute Gasteiger partial charge is 0.110 e. The summed E-state index contributed by atoms with van der Waals surface area (Å²) in [4.78, 5) is 2.54. The summed E-state index contributed by atoms with van der Waals surface area (Å²) in [6.45, 7) is 2.28. The Morgan fingerprint density at radius 1 is 1.00 bits per heavy atom. The highest BCUT2D eigenvalue weighted by atomic mass is 15.2. The molecule has 2 unspecified atom stereocenters. The summed E-state index contributed by atoms with van der Waals surface area (Å²) in [6, 6.07) is 24.9. The molecule has 2 aliphatic rings. The van der Waals surface area contributed by atoms with Crippen molar-refractivity contribution in [3.05, 3.63) is 71.8 Å². The molecule has 3 atom stereocenters. The Balaban J connectivity index is 1.60. The lowest BCUT2D eigenvalue weighted by molar-refractivity contribution is 0.216. The first kappa shape index (κ1) is 19.2. The first-order valence-electron chi connectivity index (χ1n) is 10.7. The van der Waals surface area contributed by atoms with Crippen LogP contribution >= 0.6 is 0 Å². The molecule has 146 valence electrons. The van der Waals surface area contributed by atoms with Gasteiger partial charge in [0.1, 0.15) is 5.41 Å². The Hall–Kier alpha value is -2.15. The molecule has 0 amide bonds. The van der Waals surface area contributed by atoms with E-state index < -0.39 is 5.41 Å². The molecule has 1 saturated heterocycles. The zero-order chi connectivity index (χ0) is 19.4. The van der Waals surface area contributed by atoms with Crippen molar-refractivity contribution in [3.63, 3.8) is 0 Å². The standard InChI is InChI=1S/C25H31N3/c1-28(18-23-13-8-16-27-23)24-15-14-22(17-24)25(19-26,20-9-4-2-5-10-20)21-11-6-3-7-12-21/h2-7,9-12,22-24,27H,8,13-18H2,1H3/t22?,23-,24?/m1/s1. The zero-order valence-electron chi connectivity index (χ0n) is 16.8. The number of rotatable bonds is 6. The van der Waals surface area contributed by atoms with Crippen molar-refractivity contribution < 1.29 is 0 Å². The van der Waals surface area contributed by atoms with Crippen LogP contribution < -0.4 is 5.32 Å². The first-order valence-corrected chi connectivity index (χ1v) is 10.7. The molecule has 2 fully saturated rings. The van der Waals surface area contributed by atoms with Gasteiger partial charge in [-0.2, -0.15) is 5.26 Å². The highest BCUT2D eigenvalue weighted by Crippen LogP contribution is 2.47. The molecule has 1 aliphatic heterocycles. The van der Waals surface area contributed by atoms with Crippen LogP contribution in [0.5, 0.6) is 0 Å². The van der Waals surface area contributed by atoms with Crippen LogP contribution in [0.25, 0.3) is 0 Å². The number of nitrogens with one attached hydrogen (secondary N) is 1. The van der Waals surface area contributed by atoms with Gasteiger partial charge in [0.25, 0.3) is 0 Å². The number of hydrogen-bond acceptors (Lipinski definition) is 3. The summed E-state index contributed by atoms with van der Waals surface area (Å²) in [5.74, 6) is 0.339. The number of likely N-dealkylation sites (N-methyl/N-ethyl adjacent to an activating group) is 1. The molecule has 4 rings (SSSR count). The van der Waals surface area contributed by atoms with Crippen molar-refractivity contribution >= 4 is 0 Å². The third-order valence-electron chi connectivity index (χ3n) is 6.95.